The van der Waals surface area contributed by atoms with Crippen molar-refractivity contribution in [2.45, 2.75) is 12.8 Å². The zero-order chi connectivity index (χ0) is 25.3. The maximum atomic E-state index is 10.3. The number of hydrogen-bond donors (Lipinski definition) is 6. The van der Waals surface area contributed by atoms with E-state index in [1.54, 1.807) is 14.2 Å². The third kappa shape index (κ3) is 6.76. The van der Waals surface area contributed by atoms with Gasteiger partial charge in [-0.3, -0.25) is 0 Å². The summed E-state index contributed by atoms with van der Waals surface area (Å²) >= 11 is 0. The van der Waals surface area contributed by atoms with E-state index in [0.717, 1.165) is 42.0 Å². The van der Waals surface area contributed by atoms with E-state index in [9.17, 15) is 9.90 Å². The first-order valence-corrected chi connectivity index (χ1v) is 10.0. The fourth-order valence-corrected chi connectivity index (χ4v) is 2.94. The highest BCUT2D eigenvalue weighted by atomic mass is 16.5. The molecule has 0 unspecified atom stereocenters. The summed E-state index contributed by atoms with van der Waals surface area (Å²) in [6.07, 6.45) is 1.74. The van der Waals surface area contributed by atoms with Gasteiger partial charge in [-0.25, -0.2) is 4.79 Å². The van der Waals surface area contributed by atoms with E-state index in [4.69, 9.17) is 39.7 Å². The highest BCUT2D eigenvalue weighted by molar-refractivity contribution is 5.89. The molecule has 0 radical (unpaired) electrons. The maximum absolute atomic E-state index is 10.3. The van der Waals surface area contributed by atoms with Crippen LogP contribution in [0.25, 0.3) is 0 Å². The van der Waals surface area contributed by atoms with E-state index in [1.165, 1.54) is 12.1 Å². The number of carbonyl (C=O) groups is 1. The fraction of sp³-hybridized carbons (Fsp3) is 0.208. The number of phenolic OH excluding ortho intramolecular Hbond substituents is 5. The van der Waals surface area contributed by atoms with E-state index in [-0.39, 0.29) is 17.1 Å². The SMILES string of the molecule is COc1ccccc1OC.O=C(O)c1cc(O)c(O)c(O)c1.Oc1cc(O)c2c(c1)OCCC2. The highest BCUT2D eigenvalue weighted by Crippen LogP contribution is 2.36. The van der Waals surface area contributed by atoms with Gasteiger partial charge >= 0.3 is 5.97 Å². The van der Waals surface area contributed by atoms with Crippen LogP contribution in [-0.2, 0) is 6.42 Å². The number of phenols is 5. The average Bonchev–Trinajstić information content (AvgIpc) is 2.82. The molecule has 6 N–H and O–H groups in total. The van der Waals surface area contributed by atoms with Gasteiger partial charge in [-0.15, -0.1) is 0 Å². The number of ether oxygens (including phenoxy) is 3. The van der Waals surface area contributed by atoms with Gasteiger partial charge in [0.2, 0.25) is 0 Å². The molecule has 1 heterocycles. The number of fused-ring (bicyclic) bond motifs is 1. The van der Waals surface area contributed by atoms with Gasteiger partial charge in [0.25, 0.3) is 0 Å². The summed E-state index contributed by atoms with van der Waals surface area (Å²) in [6, 6.07) is 12.1. The van der Waals surface area contributed by atoms with Crippen LogP contribution >= 0.6 is 0 Å². The van der Waals surface area contributed by atoms with Crippen LogP contribution in [0.3, 0.4) is 0 Å². The molecule has 3 aromatic rings. The molecule has 0 saturated heterocycles. The van der Waals surface area contributed by atoms with Crippen molar-refractivity contribution < 1.29 is 49.6 Å². The molecule has 0 aromatic heterocycles. The largest absolute Gasteiger partial charge is 0.508 e. The number of para-hydroxylation sites is 2. The van der Waals surface area contributed by atoms with Crippen LogP contribution in [0.5, 0.6) is 46.0 Å². The normalized spacial score (nSPS) is 11.4. The van der Waals surface area contributed by atoms with E-state index in [1.807, 2.05) is 24.3 Å². The van der Waals surface area contributed by atoms with Crippen LogP contribution in [-0.4, -0.2) is 57.4 Å². The van der Waals surface area contributed by atoms with Gasteiger partial charge in [-0.1, -0.05) is 12.1 Å². The Morgan fingerprint density at radius 3 is 1.91 bits per heavy atom. The number of aromatic hydroxyl groups is 5. The Morgan fingerprint density at radius 1 is 0.853 bits per heavy atom. The second kappa shape index (κ2) is 12.0. The molecule has 0 fully saturated rings. The Hall–Kier alpha value is -4.47. The number of carboxylic acid groups (broad SMARTS) is 1. The van der Waals surface area contributed by atoms with E-state index in [2.05, 4.69) is 0 Å². The van der Waals surface area contributed by atoms with Crippen molar-refractivity contribution in [3.05, 3.63) is 59.7 Å². The fourth-order valence-electron chi connectivity index (χ4n) is 2.94. The molecule has 1 aliphatic rings. The van der Waals surface area contributed by atoms with Crippen LogP contribution in [0.15, 0.2) is 48.5 Å². The van der Waals surface area contributed by atoms with E-state index < -0.39 is 23.2 Å². The van der Waals surface area contributed by atoms with Crippen molar-refractivity contribution in [3.8, 4) is 46.0 Å². The standard InChI is InChI=1S/C9H10O3.C8H10O2.C7H6O5/c10-6-4-8(11)7-2-1-3-12-9(7)5-6;1-9-7-5-3-4-6-8(7)10-2;8-4-1-3(7(11)12)2-5(9)6(4)10/h4-5,10-11H,1-3H2;3-6H,1-2H3;1-2,8-10H,(H,11,12). The number of rotatable bonds is 3. The molecule has 182 valence electrons. The Morgan fingerprint density at radius 2 is 1.41 bits per heavy atom. The summed E-state index contributed by atoms with van der Waals surface area (Å²) in [4.78, 5) is 10.3. The molecule has 10 nitrogen and oxygen atoms in total. The van der Waals surface area contributed by atoms with Crippen LogP contribution in [0.1, 0.15) is 22.3 Å². The third-order valence-corrected chi connectivity index (χ3v) is 4.60. The van der Waals surface area contributed by atoms with Gasteiger partial charge < -0.3 is 44.8 Å². The molecule has 10 heteroatoms. The summed E-state index contributed by atoms with van der Waals surface area (Å²) in [5.74, 6) is -1.01. The number of aromatic carboxylic acids is 1. The molecule has 34 heavy (non-hydrogen) atoms. The predicted octanol–water partition coefficient (Wildman–Crippen LogP) is 3.63. The number of hydrogen-bond acceptors (Lipinski definition) is 9. The van der Waals surface area contributed by atoms with Crippen molar-refractivity contribution in [1.82, 2.24) is 0 Å². The third-order valence-electron chi connectivity index (χ3n) is 4.60. The number of methoxy groups -OCH3 is 2. The van der Waals surface area contributed by atoms with Gasteiger partial charge in [0, 0.05) is 17.7 Å². The summed E-state index contributed by atoms with van der Waals surface area (Å²) < 4.78 is 15.3. The molecule has 3 aromatic carbocycles. The number of benzene rings is 3. The second-order valence-corrected chi connectivity index (χ2v) is 6.92. The molecule has 0 saturated carbocycles. The quantitative estimate of drug-likeness (QED) is 0.309. The Kier molecular flexibility index (Phi) is 9.07. The van der Waals surface area contributed by atoms with Gasteiger partial charge in [0.05, 0.1) is 26.4 Å². The summed E-state index contributed by atoms with van der Waals surface area (Å²) in [5.41, 5.74) is 0.516. The van der Waals surface area contributed by atoms with Crippen LogP contribution in [0.2, 0.25) is 0 Å². The number of carboxylic acids is 1. The molecular weight excluding hydrogens is 448 g/mol. The van der Waals surface area contributed by atoms with Crippen molar-refractivity contribution in [2.75, 3.05) is 20.8 Å². The van der Waals surface area contributed by atoms with Crippen LogP contribution < -0.4 is 14.2 Å². The lowest BCUT2D eigenvalue weighted by molar-refractivity contribution is 0.0695. The molecule has 0 bridgehead atoms. The topological polar surface area (TPSA) is 166 Å². The lowest BCUT2D eigenvalue weighted by Gasteiger charge is -2.17. The second-order valence-electron chi connectivity index (χ2n) is 6.92. The van der Waals surface area contributed by atoms with Crippen molar-refractivity contribution in [3.63, 3.8) is 0 Å². The molecule has 0 atom stereocenters. The minimum atomic E-state index is -1.29. The van der Waals surface area contributed by atoms with Gasteiger partial charge in [-0.2, -0.15) is 0 Å². The lowest BCUT2D eigenvalue weighted by Crippen LogP contribution is -2.07. The average molecular weight is 474 g/mol. The molecule has 0 aliphatic carbocycles. The Labute approximate surface area is 195 Å². The minimum Gasteiger partial charge on any atom is -0.508 e. The Bertz CT molecular complexity index is 1080. The first kappa shape index (κ1) is 25.8. The van der Waals surface area contributed by atoms with Crippen molar-refractivity contribution >= 4 is 5.97 Å². The molecule has 0 amide bonds. The van der Waals surface area contributed by atoms with E-state index in [0.29, 0.717) is 12.4 Å². The zero-order valence-corrected chi connectivity index (χ0v) is 18.6. The monoisotopic (exact) mass is 474 g/mol. The van der Waals surface area contributed by atoms with Gasteiger partial charge in [0.15, 0.2) is 28.7 Å². The Balaban J connectivity index is 0.000000181. The maximum Gasteiger partial charge on any atom is 0.335 e. The molecule has 0 spiro atoms. The molecular formula is C24H26O10. The zero-order valence-electron chi connectivity index (χ0n) is 18.6. The van der Waals surface area contributed by atoms with Crippen molar-refractivity contribution in [2.24, 2.45) is 0 Å². The lowest BCUT2D eigenvalue weighted by atomic mass is 10.1. The predicted molar refractivity (Wildman–Crippen MR) is 122 cm³/mol. The van der Waals surface area contributed by atoms with Crippen LogP contribution in [0.4, 0.5) is 0 Å². The smallest absolute Gasteiger partial charge is 0.335 e. The van der Waals surface area contributed by atoms with Gasteiger partial charge in [-0.05, 0) is 37.1 Å². The van der Waals surface area contributed by atoms with Crippen molar-refractivity contribution in [1.29, 1.82) is 0 Å². The minimum absolute atomic E-state index is 0.0492. The van der Waals surface area contributed by atoms with Crippen LogP contribution in [0, 0.1) is 0 Å². The molecule has 1 aliphatic heterocycles. The first-order valence-electron chi connectivity index (χ1n) is 10.0. The summed E-state index contributed by atoms with van der Waals surface area (Å²) in [6.45, 7) is 0.663. The highest BCUT2D eigenvalue weighted by Gasteiger charge is 2.15. The van der Waals surface area contributed by atoms with Gasteiger partial charge in [0.1, 0.15) is 17.2 Å². The summed E-state index contributed by atoms with van der Waals surface area (Å²) in [7, 11) is 3.25. The molecule has 4 rings (SSSR count). The summed E-state index contributed by atoms with van der Waals surface area (Å²) in [5, 5.41) is 53.5. The first-order chi connectivity index (χ1) is 16.2. The van der Waals surface area contributed by atoms with E-state index >= 15 is 0 Å².